The molecule has 0 fully saturated rings. The number of likely N-dealkylation sites (N-methyl/N-ethyl adjacent to an activating group) is 1. The minimum atomic E-state index is -0.102. The molecule has 1 N–H and O–H groups in total. The molecule has 1 unspecified atom stereocenters. The van der Waals surface area contributed by atoms with Crippen molar-refractivity contribution in [1.82, 2.24) is 10.2 Å². The van der Waals surface area contributed by atoms with Gasteiger partial charge in [0.25, 0.3) is 0 Å². The van der Waals surface area contributed by atoms with E-state index in [9.17, 15) is 4.79 Å². The molecule has 1 atom stereocenters. The van der Waals surface area contributed by atoms with E-state index in [1.165, 1.54) is 0 Å². The lowest BCUT2D eigenvalue weighted by atomic mass is 10.1. The van der Waals surface area contributed by atoms with Crippen LogP contribution in [0.25, 0.3) is 0 Å². The lowest BCUT2D eigenvalue weighted by Crippen LogP contribution is -2.37. The second-order valence-electron chi connectivity index (χ2n) is 5.72. The zero-order valence-corrected chi connectivity index (χ0v) is 15.4. The molecule has 24 heavy (non-hydrogen) atoms. The molecule has 6 nitrogen and oxygen atoms in total. The third kappa shape index (κ3) is 6.76. The molecule has 1 aromatic carbocycles. The smallest absolute Gasteiger partial charge is 0.234 e. The molecule has 6 heteroatoms. The van der Waals surface area contributed by atoms with Crippen molar-refractivity contribution in [2.45, 2.75) is 26.3 Å². The Kier molecular flexibility index (Phi) is 9.19. The fourth-order valence-electron chi connectivity index (χ4n) is 2.40. The van der Waals surface area contributed by atoms with Crippen molar-refractivity contribution in [3.05, 3.63) is 23.8 Å². The van der Waals surface area contributed by atoms with Gasteiger partial charge in [0, 0.05) is 20.3 Å². The molecule has 0 aliphatic heterocycles. The molecule has 136 valence electrons. The third-order valence-corrected chi connectivity index (χ3v) is 3.67. The monoisotopic (exact) mass is 338 g/mol. The van der Waals surface area contributed by atoms with Gasteiger partial charge >= 0.3 is 0 Å². The summed E-state index contributed by atoms with van der Waals surface area (Å²) >= 11 is 0. The van der Waals surface area contributed by atoms with Crippen molar-refractivity contribution >= 4 is 5.91 Å². The summed E-state index contributed by atoms with van der Waals surface area (Å²) in [6, 6.07) is 5.62. The summed E-state index contributed by atoms with van der Waals surface area (Å²) in [4.78, 5) is 14.1. The predicted octanol–water partition coefficient (Wildman–Crippen LogP) is 2.24. The number of methoxy groups -OCH3 is 2. The van der Waals surface area contributed by atoms with E-state index >= 15 is 0 Å². The van der Waals surface area contributed by atoms with Gasteiger partial charge in [0.05, 0.1) is 26.3 Å². The molecule has 0 radical (unpaired) electrons. The maximum absolute atomic E-state index is 12.2. The maximum atomic E-state index is 12.2. The highest BCUT2D eigenvalue weighted by Crippen LogP contribution is 2.30. The Labute approximate surface area is 145 Å². The van der Waals surface area contributed by atoms with Crippen LogP contribution in [-0.2, 0) is 9.53 Å². The topological polar surface area (TPSA) is 60.0 Å². The van der Waals surface area contributed by atoms with E-state index in [0.717, 1.165) is 18.5 Å². The van der Waals surface area contributed by atoms with Gasteiger partial charge in [0.2, 0.25) is 5.91 Å². The lowest BCUT2D eigenvalue weighted by Gasteiger charge is -2.20. The summed E-state index contributed by atoms with van der Waals surface area (Å²) in [6.07, 6.45) is 0.909. The van der Waals surface area contributed by atoms with Gasteiger partial charge in [-0.25, -0.2) is 0 Å². The van der Waals surface area contributed by atoms with Crippen LogP contribution in [0.5, 0.6) is 11.5 Å². The second kappa shape index (κ2) is 10.9. The minimum absolute atomic E-state index is 0.00438. The van der Waals surface area contributed by atoms with Gasteiger partial charge in [-0.1, -0.05) is 6.07 Å². The van der Waals surface area contributed by atoms with Crippen molar-refractivity contribution < 1.29 is 19.0 Å². The Bertz CT molecular complexity index is 508. The van der Waals surface area contributed by atoms with E-state index < -0.39 is 0 Å². The Morgan fingerprint density at radius 1 is 1.29 bits per heavy atom. The third-order valence-electron chi connectivity index (χ3n) is 3.67. The molecule has 0 saturated heterocycles. The number of hydrogen-bond acceptors (Lipinski definition) is 5. The predicted molar refractivity (Wildman–Crippen MR) is 94.7 cm³/mol. The number of nitrogens with zero attached hydrogens (tertiary/aromatic N) is 1. The SMILES string of the molecule is CCOc1ccc(C(C)NC(=O)CN(C)CCCOC)cc1OC. The van der Waals surface area contributed by atoms with Crippen LogP contribution < -0.4 is 14.8 Å². The Morgan fingerprint density at radius 3 is 2.67 bits per heavy atom. The highest BCUT2D eigenvalue weighted by atomic mass is 16.5. The zero-order chi connectivity index (χ0) is 17.9. The molecule has 0 saturated carbocycles. The Morgan fingerprint density at radius 2 is 2.04 bits per heavy atom. The molecular weight excluding hydrogens is 308 g/mol. The molecule has 0 aliphatic carbocycles. The van der Waals surface area contributed by atoms with E-state index in [1.54, 1.807) is 14.2 Å². The molecule has 0 heterocycles. The van der Waals surface area contributed by atoms with Crippen molar-refractivity contribution in [2.75, 3.05) is 47.6 Å². The van der Waals surface area contributed by atoms with Gasteiger partial charge in [0.1, 0.15) is 0 Å². The van der Waals surface area contributed by atoms with Gasteiger partial charge in [0.15, 0.2) is 11.5 Å². The Balaban J connectivity index is 2.57. The first-order chi connectivity index (χ1) is 11.5. The maximum Gasteiger partial charge on any atom is 0.234 e. The summed E-state index contributed by atoms with van der Waals surface area (Å²) in [6.45, 7) is 6.36. The van der Waals surface area contributed by atoms with Crippen molar-refractivity contribution in [3.8, 4) is 11.5 Å². The fraction of sp³-hybridized carbons (Fsp3) is 0.611. The minimum Gasteiger partial charge on any atom is -0.493 e. The van der Waals surface area contributed by atoms with Crippen LogP contribution in [0.4, 0.5) is 0 Å². The van der Waals surface area contributed by atoms with E-state index in [2.05, 4.69) is 5.32 Å². The molecule has 1 aromatic rings. The number of carbonyl (C=O) groups is 1. The first-order valence-corrected chi connectivity index (χ1v) is 8.29. The lowest BCUT2D eigenvalue weighted by molar-refractivity contribution is -0.122. The number of carbonyl (C=O) groups excluding carboxylic acids is 1. The molecular formula is C18H30N2O4. The summed E-state index contributed by atoms with van der Waals surface area (Å²) in [7, 11) is 5.22. The average molecular weight is 338 g/mol. The van der Waals surface area contributed by atoms with Crippen LogP contribution in [0, 0.1) is 0 Å². The quantitative estimate of drug-likeness (QED) is 0.627. The summed E-state index contributed by atoms with van der Waals surface area (Å²) in [5.74, 6) is 1.38. The number of ether oxygens (including phenoxy) is 3. The first-order valence-electron chi connectivity index (χ1n) is 8.29. The van der Waals surface area contributed by atoms with E-state index in [1.807, 2.05) is 44.0 Å². The van der Waals surface area contributed by atoms with Crippen LogP contribution in [0.15, 0.2) is 18.2 Å². The van der Waals surface area contributed by atoms with Crippen molar-refractivity contribution in [3.63, 3.8) is 0 Å². The largest absolute Gasteiger partial charge is 0.493 e. The summed E-state index contributed by atoms with van der Waals surface area (Å²) in [5.41, 5.74) is 0.977. The van der Waals surface area contributed by atoms with E-state index in [0.29, 0.717) is 31.3 Å². The highest BCUT2D eigenvalue weighted by Gasteiger charge is 2.14. The van der Waals surface area contributed by atoms with Gasteiger partial charge in [-0.05, 0) is 45.0 Å². The number of benzene rings is 1. The number of amides is 1. The van der Waals surface area contributed by atoms with Gasteiger partial charge < -0.3 is 19.5 Å². The Hall–Kier alpha value is -1.79. The van der Waals surface area contributed by atoms with Gasteiger partial charge in [-0.15, -0.1) is 0 Å². The number of nitrogens with one attached hydrogen (secondary N) is 1. The summed E-state index contributed by atoms with van der Waals surface area (Å²) < 4.78 is 15.9. The van der Waals surface area contributed by atoms with Crippen LogP contribution in [-0.4, -0.2) is 58.4 Å². The fourth-order valence-corrected chi connectivity index (χ4v) is 2.40. The van der Waals surface area contributed by atoms with Gasteiger partial charge in [-0.2, -0.15) is 0 Å². The van der Waals surface area contributed by atoms with Crippen LogP contribution in [0.1, 0.15) is 31.9 Å². The van der Waals surface area contributed by atoms with E-state index in [-0.39, 0.29) is 11.9 Å². The van der Waals surface area contributed by atoms with Crippen molar-refractivity contribution in [2.24, 2.45) is 0 Å². The summed E-state index contributed by atoms with van der Waals surface area (Å²) in [5, 5.41) is 3.01. The zero-order valence-electron chi connectivity index (χ0n) is 15.4. The van der Waals surface area contributed by atoms with Crippen LogP contribution in [0.2, 0.25) is 0 Å². The second-order valence-corrected chi connectivity index (χ2v) is 5.72. The van der Waals surface area contributed by atoms with Crippen molar-refractivity contribution in [1.29, 1.82) is 0 Å². The standard InChI is InChI=1S/C18H30N2O4/c1-6-24-16-9-8-15(12-17(16)23-5)14(2)19-18(21)13-20(3)10-7-11-22-4/h8-9,12,14H,6-7,10-11,13H2,1-5H3,(H,19,21). The van der Waals surface area contributed by atoms with E-state index in [4.69, 9.17) is 14.2 Å². The highest BCUT2D eigenvalue weighted by molar-refractivity contribution is 5.78. The normalized spacial score (nSPS) is 12.1. The molecule has 1 rings (SSSR count). The molecule has 0 aliphatic rings. The number of rotatable bonds is 11. The molecule has 0 bridgehead atoms. The van der Waals surface area contributed by atoms with Crippen LogP contribution >= 0.6 is 0 Å². The first kappa shape index (κ1) is 20.3. The molecule has 0 spiro atoms. The van der Waals surface area contributed by atoms with Crippen LogP contribution in [0.3, 0.4) is 0 Å². The average Bonchev–Trinajstić information content (AvgIpc) is 2.55. The van der Waals surface area contributed by atoms with Gasteiger partial charge in [-0.3, -0.25) is 9.69 Å². The molecule has 1 amide bonds. The number of hydrogen-bond donors (Lipinski definition) is 1. The molecule has 0 aromatic heterocycles.